The smallest absolute Gasteiger partial charge is 0.238 e. The highest BCUT2D eigenvalue weighted by molar-refractivity contribution is 7.91. The Labute approximate surface area is 119 Å². The minimum absolute atomic E-state index is 0.0577. The summed E-state index contributed by atoms with van der Waals surface area (Å²) in [6.45, 7) is 2.91. The van der Waals surface area contributed by atoms with Crippen molar-refractivity contribution in [3.05, 3.63) is 24.3 Å². The zero-order valence-electron chi connectivity index (χ0n) is 11.7. The highest BCUT2D eigenvalue weighted by Gasteiger charge is 2.11. The maximum absolute atomic E-state index is 11.6. The summed E-state index contributed by atoms with van der Waals surface area (Å²) in [4.78, 5) is 11.8. The summed E-state index contributed by atoms with van der Waals surface area (Å²) < 4.78 is 28.1. The molecule has 0 saturated heterocycles. The maximum Gasteiger partial charge on any atom is 0.238 e. The van der Waals surface area contributed by atoms with Gasteiger partial charge in [-0.2, -0.15) is 0 Å². The van der Waals surface area contributed by atoms with Gasteiger partial charge in [0.15, 0.2) is 9.84 Å². The molecule has 0 spiro atoms. The van der Waals surface area contributed by atoms with E-state index < -0.39 is 9.84 Å². The van der Waals surface area contributed by atoms with E-state index in [2.05, 4.69) is 10.6 Å². The summed E-state index contributed by atoms with van der Waals surface area (Å²) >= 11 is 0. The van der Waals surface area contributed by atoms with E-state index in [4.69, 9.17) is 4.74 Å². The minimum atomic E-state index is -3.20. The standard InChI is InChI=1S/C13H20N2O4S/c1-3-20(17,18)12-6-4-11(5-7-12)15-13(16)10-14-8-9-19-2/h4-7,14H,3,8-10H2,1-2H3,(H,15,16). The average molecular weight is 300 g/mol. The minimum Gasteiger partial charge on any atom is -0.383 e. The molecule has 0 saturated carbocycles. The van der Waals surface area contributed by atoms with Gasteiger partial charge in [-0.15, -0.1) is 0 Å². The Balaban J connectivity index is 2.51. The van der Waals surface area contributed by atoms with E-state index in [0.717, 1.165) is 0 Å². The largest absolute Gasteiger partial charge is 0.383 e. The summed E-state index contributed by atoms with van der Waals surface area (Å²) in [5, 5.41) is 5.60. The Kier molecular flexibility index (Phi) is 6.63. The molecule has 0 aliphatic carbocycles. The van der Waals surface area contributed by atoms with Gasteiger partial charge in [0.25, 0.3) is 0 Å². The van der Waals surface area contributed by atoms with E-state index in [0.29, 0.717) is 18.8 Å². The quantitative estimate of drug-likeness (QED) is 0.689. The van der Waals surface area contributed by atoms with Gasteiger partial charge in [0.05, 0.1) is 23.8 Å². The fourth-order valence-corrected chi connectivity index (χ4v) is 2.38. The van der Waals surface area contributed by atoms with Gasteiger partial charge in [0.1, 0.15) is 0 Å². The van der Waals surface area contributed by atoms with E-state index in [1.807, 2.05) is 0 Å². The van der Waals surface area contributed by atoms with Crippen molar-refractivity contribution in [3.8, 4) is 0 Å². The van der Waals surface area contributed by atoms with Crippen molar-refractivity contribution in [2.24, 2.45) is 0 Å². The van der Waals surface area contributed by atoms with Crippen molar-refractivity contribution >= 4 is 21.4 Å². The molecule has 0 aliphatic rings. The zero-order valence-corrected chi connectivity index (χ0v) is 12.5. The Bertz CT molecular complexity index is 526. The number of ether oxygens (including phenoxy) is 1. The molecule has 6 nitrogen and oxygen atoms in total. The van der Waals surface area contributed by atoms with Crippen LogP contribution >= 0.6 is 0 Å². The van der Waals surface area contributed by atoms with Gasteiger partial charge in [-0.25, -0.2) is 8.42 Å². The first-order chi connectivity index (χ1) is 9.49. The van der Waals surface area contributed by atoms with Crippen molar-refractivity contribution < 1.29 is 17.9 Å². The maximum atomic E-state index is 11.6. The van der Waals surface area contributed by atoms with Gasteiger partial charge in [0, 0.05) is 19.3 Å². The first-order valence-corrected chi connectivity index (χ1v) is 7.97. The summed E-state index contributed by atoms with van der Waals surface area (Å²) in [6.07, 6.45) is 0. The third-order valence-corrected chi connectivity index (χ3v) is 4.40. The number of benzene rings is 1. The molecule has 0 bridgehead atoms. The highest BCUT2D eigenvalue weighted by atomic mass is 32.2. The molecule has 0 aromatic heterocycles. The lowest BCUT2D eigenvalue weighted by atomic mass is 10.3. The summed E-state index contributed by atoms with van der Waals surface area (Å²) in [6, 6.07) is 6.14. The molecule has 7 heteroatoms. The van der Waals surface area contributed by atoms with Crippen molar-refractivity contribution in [1.29, 1.82) is 0 Å². The van der Waals surface area contributed by atoms with Crippen molar-refractivity contribution in [2.45, 2.75) is 11.8 Å². The van der Waals surface area contributed by atoms with Crippen LogP contribution in [0.4, 0.5) is 5.69 Å². The number of sulfone groups is 1. The van der Waals surface area contributed by atoms with Gasteiger partial charge in [0.2, 0.25) is 5.91 Å². The van der Waals surface area contributed by atoms with Gasteiger partial charge in [-0.1, -0.05) is 6.92 Å². The number of anilines is 1. The third kappa shape index (κ3) is 5.28. The summed E-state index contributed by atoms with van der Waals surface area (Å²) in [5.74, 6) is -0.130. The number of rotatable bonds is 8. The Hall–Kier alpha value is -1.44. The van der Waals surface area contributed by atoms with Crippen LogP contribution in [0.15, 0.2) is 29.2 Å². The molecule has 1 aromatic rings. The molecule has 1 aromatic carbocycles. The lowest BCUT2D eigenvalue weighted by Gasteiger charge is -2.07. The second-order valence-corrected chi connectivity index (χ2v) is 6.42. The first-order valence-electron chi connectivity index (χ1n) is 6.32. The van der Waals surface area contributed by atoms with Gasteiger partial charge >= 0.3 is 0 Å². The Morgan fingerprint density at radius 1 is 1.25 bits per heavy atom. The van der Waals surface area contributed by atoms with Crippen LogP contribution in [-0.2, 0) is 19.4 Å². The SMILES string of the molecule is CCS(=O)(=O)c1ccc(NC(=O)CNCCOC)cc1. The van der Waals surface area contributed by atoms with Crippen LogP contribution in [0.25, 0.3) is 0 Å². The van der Waals surface area contributed by atoms with Crippen LogP contribution in [0.2, 0.25) is 0 Å². The third-order valence-electron chi connectivity index (χ3n) is 2.65. The zero-order chi connectivity index (χ0) is 15.0. The monoisotopic (exact) mass is 300 g/mol. The average Bonchev–Trinajstić information content (AvgIpc) is 2.44. The summed E-state index contributed by atoms with van der Waals surface area (Å²) in [7, 11) is -1.61. The molecule has 0 heterocycles. The highest BCUT2D eigenvalue weighted by Crippen LogP contribution is 2.15. The number of hydrogen-bond donors (Lipinski definition) is 2. The molecule has 20 heavy (non-hydrogen) atoms. The van der Waals surface area contributed by atoms with Crippen molar-refractivity contribution in [2.75, 3.05) is 37.9 Å². The fourth-order valence-electron chi connectivity index (χ4n) is 1.49. The lowest BCUT2D eigenvalue weighted by molar-refractivity contribution is -0.115. The van der Waals surface area contributed by atoms with E-state index >= 15 is 0 Å². The molecule has 2 N–H and O–H groups in total. The molecular formula is C13H20N2O4S. The molecule has 0 atom stereocenters. The van der Waals surface area contributed by atoms with Crippen LogP contribution in [0, 0.1) is 0 Å². The predicted octanol–water partition coefficient (Wildman–Crippen LogP) is 0.655. The number of carbonyl (C=O) groups excluding carboxylic acids is 1. The molecular weight excluding hydrogens is 280 g/mol. The van der Waals surface area contributed by atoms with Gasteiger partial charge in [-0.05, 0) is 24.3 Å². The van der Waals surface area contributed by atoms with Crippen LogP contribution < -0.4 is 10.6 Å². The van der Waals surface area contributed by atoms with E-state index in [9.17, 15) is 13.2 Å². The Morgan fingerprint density at radius 2 is 1.90 bits per heavy atom. The topological polar surface area (TPSA) is 84.5 Å². The van der Waals surface area contributed by atoms with Crippen LogP contribution in [0.5, 0.6) is 0 Å². The first kappa shape index (κ1) is 16.6. The number of hydrogen-bond acceptors (Lipinski definition) is 5. The molecule has 1 rings (SSSR count). The van der Waals surface area contributed by atoms with Crippen LogP contribution in [-0.4, -0.2) is 46.9 Å². The number of amides is 1. The molecule has 0 radical (unpaired) electrons. The second-order valence-electron chi connectivity index (χ2n) is 4.15. The molecule has 0 unspecified atom stereocenters. The fraction of sp³-hybridized carbons (Fsp3) is 0.462. The van der Waals surface area contributed by atoms with E-state index in [1.54, 1.807) is 26.2 Å². The van der Waals surface area contributed by atoms with Gasteiger partial charge in [-0.3, -0.25) is 4.79 Å². The van der Waals surface area contributed by atoms with Crippen LogP contribution in [0.3, 0.4) is 0 Å². The number of nitrogens with one attached hydrogen (secondary N) is 2. The molecule has 0 aliphatic heterocycles. The van der Waals surface area contributed by atoms with E-state index in [1.165, 1.54) is 12.1 Å². The molecule has 1 amide bonds. The van der Waals surface area contributed by atoms with E-state index in [-0.39, 0.29) is 23.1 Å². The van der Waals surface area contributed by atoms with Gasteiger partial charge < -0.3 is 15.4 Å². The van der Waals surface area contributed by atoms with Crippen molar-refractivity contribution in [3.63, 3.8) is 0 Å². The van der Waals surface area contributed by atoms with Crippen molar-refractivity contribution in [1.82, 2.24) is 5.32 Å². The lowest BCUT2D eigenvalue weighted by Crippen LogP contribution is -2.30. The van der Waals surface area contributed by atoms with Crippen LogP contribution in [0.1, 0.15) is 6.92 Å². The number of carbonyl (C=O) groups is 1. The normalized spacial score (nSPS) is 11.3. The predicted molar refractivity (Wildman–Crippen MR) is 77.5 cm³/mol. The molecule has 112 valence electrons. The summed E-state index contributed by atoms with van der Waals surface area (Å²) in [5.41, 5.74) is 0.568. The second kappa shape index (κ2) is 7.98. The Morgan fingerprint density at radius 3 is 2.45 bits per heavy atom. The molecule has 0 fully saturated rings. The number of methoxy groups -OCH3 is 1.